The van der Waals surface area contributed by atoms with E-state index >= 15 is 0 Å². The second-order valence-corrected chi connectivity index (χ2v) is 4.39. The Labute approximate surface area is 102 Å². The van der Waals surface area contributed by atoms with Crippen molar-refractivity contribution in [2.24, 2.45) is 0 Å². The van der Waals surface area contributed by atoms with Gasteiger partial charge in [0.2, 0.25) is 0 Å². The normalized spacial score (nSPS) is 14.6. The van der Waals surface area contributed by atoms with E-state index in [-0.39, 0.29) is 0 Å². The maximum atomic E-state index is 8.84. The number of hydrogen-bond donors (Lipinski definition) is 1. The van der Waals surface area contributed by atoms with Gasteiger partial charge in [-0.3, -0.25) is 0 Å². The fourth-order valence-corrected chi connectivity index (χ4v) is 1.76. The number of hydrogen-bond acceptors (Lipinski definition) is 4. The Morgan fingerprint density at radius 3 is 2.94 bits per heavy atom. The Hall–Kier alpha value is -1.73. The molecule has 1 saturated carbocycles. The summed E-state index contributed by atoms with van der Waals surface area (Å²) in [4.78, 5) is 2.30. The number of nitrogens with two attached hydrogens (primary N) is 1. The molecule has 0 saturated heterocycles. The van der Waals surface area contributed by atoms with E-state index in [0.717, 1.165) is 12.6 Å². The third kappa shape index (κ3) is 2.89. The smallest absolute Gasteiger partial charge is 0.143 e. The first-order valence-electron chi connectivity index (χ1n) is 5.84. The third-order valence-electron chi connectivity index (χ3n) is 3.06. The predicted molar refractivity (Wildman–Crippen MR) is 66.7 cm³/mol. The van der Waals surface area contributed by atoms with Crippen LogP contribution in [0.2, 0.25) is 0 Å². The lowest BCUT2D eigenvalue weighted by atomic mass is 10.2. The summed E-state index contributed by atoms with van der Waals surface area (Å²) in [5, 5.41) is 8.84. The quantitative estimate of drug-likeness (QED) is 0.782. The molecule has 2 rings (SSSR count). The van der Waals surface area contributed by atoms with E-state index in [9.17, 15) is 0 Å². The zero-order valence-corrected chi connectivity index (χ0v) is 10.0. The largest absolute Gasteiger partial charge is 0.490 e. The van der Waals surface area contributed by atoms with Crippen LogP contribution in [-0.2, 0) is 0 Å². The highest BCUT2D eigenvalue weighted by Gasteiger charge is 2.25. The fourth-order valence-electron chi connectivity index (χ4n) is 1.76. The summed E-state index contributed by atoms with van der Waals surface area (Å²) in [6, 6.07) is 8.06. The average molecular weight is 231 g/mol. The Morgan fingerprint density at radius 2 is 2.29 bits per heavy atom. The van der Waals surface area contributed by atoms with Crippen LogP contribution in [0.3, 0.4) is 0 Å². The van der Waals surface area contributed by atoms with Gasteiger partial charge in [0.15, 0.2) is 0 Å². The van der Waals surface area contributed by atoms with Gasteiger partial charge in [-0.2, -0.15) is 5.26 Å². The van der Waals surface area contributed by atoms with Gasteiger partial charge in [0.1, 0.15) is 18.4 Å². The second kappa shape index (κ2) is 5.07. The van der Waals surface area contributed by atoms with Gasteiger partial charge in [0.25, 0.3) is 0 Å². The summed E-state index contributed by atoms with van der Waals surface area (Å²) >= 11 is 0. The van der Waals surface area contributed by atoms with E-state index in [1.165, 1.54) is 12.8 Å². The van der Waals surface area contributed by atoms with Crippen molar-refractivity contribution in [3.8, 4) is 11.8 Å². The number of para-hydroxylation sites is 1. The summed E-state index contributed by atoms with van der Waals surface area (Å²) in [6.45, 7) is 1.49. The monoisotopic (exact) mass is 231 g/mol. The molecule has 2 N–H and O–H groups in total. The second-order valence-electron chi connectivity index (χ2n) is 4.39. The van der Waals surface area contributed by atoms with Crippen molar-refractivity contribution in [2.75, 3.05) is 25.9 Å². The summed E-state index contributed by atoms with van der Waals surface area (Å²) in [7, 11) is 2.11. The number of nitriles is 1. The van der Waals surface area contributed by atoms with E-state index in [1.54, 1.807) is 18.2 Å². The molecule has 1 aromatic carbocycles. The summed E-state index contributed by atoms with van der Waals surface area (Å²) < 4.78 is 5.61. The molecule has 4 nitrogen and oxygen atoms in total. The molecule has 0 aliphatic heterocycles. The molecular weight excluding hydrogens is 214 g/mol. The lowest BCUT2D eigenvalue weighted by Crippen LogP contribution is -2.26. The minimum atomic E-state index is 0.434. The first kappa shape index (κ1) is 11.7. The van der Waals surface area contributed by atoms with Crippen LogP contribution in [0, 0.1) is 11.3 Å². The van der Waals surface area contributed by atoms with Gasteiger partial charge in [0.05, 0.1) is 11.3 Å². The van der Waals surface area contributed by atoms with Gasteiger partial charge in [-0.25, -0.2) is 0 Å². The molecule has 0 atom stereocenters. The van der Waals surface area contributed by atoms with Crippen molar-refractivity contribution in [3.05, 3.63) is 23.8 Å². The number of anilines is 1. The molecule has 0 radical (unpaired) electrons. The van der Waals surface area contributed by atoms with Crippen LogP contribution in [0.25, 0.3) is 0 Å². The first-order valence-corrected chi connectivity index (χ1v) is 5.84. The summed E-state index contributed by atoms with van der Waals surface area (Å²) in [5.74, 6) is 0.605. The van der Waals surface area contributed by atoms with E-state index in [0.29, 0.717) is 23.6 Å². The Kier molecular flexibility index (Phi) is 3.50. The number of ether oxygens (including phenoxy) is 1. The highest BCUT2D eigenvalue weighted by Crippen LogP contribution is 2.26. The van der Waals surface area contributed by atoms with Crippen molar-refractivity contribution in [1.29, 1.82) is 5.26 Å². The molecule has 1 aromatic rings. The third-order valence-corrected chi connectivity index (χ3v) is 3.06. The topological polar surface area (TPSA) is 62.3 Å². The van der Waals surface area contributed by atoms with Crippen LogP contribution in [0.15, 0.2) is 18.2 Å². The molecule has 90 valence electrons. The summed E-state index contributed by atoms with van der Waals surface area (Å²) in [5.41, 5.74) is 6.73. The molecule has 0 aromatic heterocycles. The molecule has 0 amide bonds. The molecule has 0 spiro atoms. The lowest BCUT2D eigenvalue weighted by Gasteiger charge is -2.16. The average Bonchev–Trinajstić information content (AvgIpc) is 3.15. The van der Waals surface area contributed by atoms with Crippen molar-refractivity contribution >= 4 is 5.69 Å². The number of nitrogens with zero attached hydrogens (tertiary/aromatic N) is 2. The number of nitrogen functional groups attached to an aromatic ring is 1. The maximum Gasteiger partial charge on any atom is 0.143 e. The predicted octanol–water partition coefficient (Wildman–Crippen LogP) is 1.61. The molecule has 0 bridgehead atoms. The van der Waals surface area contributed by atoms with Gasteiger partial charge in [-0.05, 0) is 32.0 Å². The van der Waals surface area contributed by atoms with Crippen LogP contribution < -0.4 is 10.5 Å². The highest BCUT2D eigenvalue weighted by molar-refractivity contribution is 5.62. The van der Waals surface area contributed by atoms with Crippen LogP contribution in [-0.4, -0.2) is 31.1 Å². The SMILES string of the molecule is CN(CCOc1cccc(C#N)c1N)C1CC1. The van der Waals surface area contributed by atoms with Crippen molar-refractivity contribution in [3.63, 3.8) is 0 Å². The Bertz CT molecular complexity index is 435. The van der Waals surface area contributed by atoms with Gasteiger partial charge in [-0.15, -0.1) is 0 Å². The van der Waals surface area contributed by atoms with E-state index < -0.39 is 0 Å². The van der Waals surface area contributed by atoms with E-state index in [2.05, 4.69) is 11.9 Å². The molecular formula is C13H17N3O. The highest BCUT2D eigenvalue weighted by atomic mass is 16.5. The molecule has 1 aliphatic carbocycles. The molecule has 1 aliphatic rings. The first-order chi connectivity index (χ1) is 8.22. The lowest BCUT2D eigenvalue weighted by molar-refractivity contribution is 0.232. The minimum absolute atomic E-state index is 0.434. The van der Waals surface area contributed by atoms with E-state index in [1.807, 2.05) is 6.07 Å². The van der Waals surface area contributed by atoms with Crippen molar-refractivity contribution < 1.29 is 4.74 Å². The standard InChI is InChI=1S/C13H17N3O/c1-16(11-5-6-11)7-8-17-12-4-2-3-10(9-14)13(12)15/h2-4,11H,5-8,15H2,1H3. The molecule has 0 heterocycles. The number of rotatable bonds is 5. The van der Waals surface area contributed by atoms with Crippen molar-refractivity contribution in [1.82, 2.24) is 4.90 Å². The molecule has 17 heavy (non-hydrogen) atoms. The summed E-state index contributed by atoms with van der Waals surface area (Å²) in [6.07, 6.45) is 2.59. The zero-order chi connectivity index (χ0) is 12.3. The van der Waals surface area contributed by atoms with E-state index in [4.69, 9.17) is 15.7 Å². The minimum Gasteiger partial charge on any atom is -0.490 e. The van der Waals surface area contributed by atoms with Crippen LogP contribution in [0.5, 0.6) is 5.75 Å². The molecule has 4 heteroatoms. The fraction of sp³-hybridized carbons (Fsp3) is 0.462. The Morgan fingerprint density at radius 1 is 1.53 bits per heavy atom. The van der Waals surface area contributed by atoms with Crippen molar-refractivity contribution in [2.45, 2.75) is 18.9 Å². The van der Waals surface area contributed by atoms with Crippen LogP contribution >= 0.6 is 0 Å². The maximum absolute atomic E-state index is 8.84. The molecule has 1 fully saturated rings. The number of benzene rings is 1. The van der Waals surface area contributed by atoms with Crippen LogP contribution in [0.4, 0.5) is 5.69 Å². The van der Waals surface area contributed by atoms with Gasteiger partial charge >= 0.3 is 0 Å². The van der Waals surface area contributed by atoms with Gasteiger partial charge in [-0.1, -0.05) is 6.07 Å². The molecule has 0 unspecified atom stereocenters. The number of likely N-dealkylation sites (N-methyl/N-ethyl adjacent to an activating group) is 1. The van der Waals surface area contributed by atoms with Crippen LogP contribution in [0.1, 0.15) is 18.4 Å². The van der Waals surface area contributed by atoms with Gasteiger partial charge < -0.3 is 15.4 Å². The Balaban J connectivity index is 1.88. The van der Waals surface area contributed by atoms with Gasteiger partial charge in [0, 0.05) is 12.6 Å². The zero-order valence-electron chi connectivity index (χ0n) is 10.0.